The molecule has 0 spiro atoms. The zero-order chi connectivity index (χ0) is 18.9. The van der Waals surface area contributed by atoms with Crippen molar-refractivity contribution >= 4 is 23.4 Å². The summed E-state index contributed by atoms with van der Waals surface area (Å²) in [4.78, 5) is 11.6. The van der Waals surface area contributed by atoms with Crippen molar-refractivity contribution < 1.29 is 0 Å². The highest BCUT2D eigenvalue weighted by atomic mass is 35.5. The standard InChI is InChI=1S/C21H28ClN5/c1-2-23-21(25-11-8-17-6-5-7-19(22)14-17)26-16-18-9-10-24-20(15-18)27-12-3-4-13-27/h5-7,9-10,14-15H,2-4,8,11-13,16H2,1H3,(H2,23,25,26). The van der Waals surface area contributed by atoms with E-state index in [-0.39, 0.29) is 0 Å². The average molecular weight is 386 g/mol. The molecule has 3 rings (SSSR count). The lowest BCUT2D eigenvalue weighted by molar-refractivity contribution is 0.799. The van der Waals surface area contributed by atoms with Crippen molar-refractivity contribution in [2.75, 3.05) is 31.1 Å². The maximum Gasteiger partial charge on any atom is 0.191 e. The first-order valence-electron chi connectivity index (χ1n) is 9.71. The minimum Gasteiger partial charge on any atom is -0.357 e. The smallest absolute Gasteiger partial charge is 0.191 e. The van der Waals surface area contributed by atoms with Crippen LogP contribution in [0.25, 0.3) is 0 Å². The Morgan fingerprint density at radius 2 is 2.00 bits per heavy atom. The van der Waals surface area contributed by atoms with Gasteiger partial charge < -0.3 is 15.5 Å². The van der Waals surface area contributed by atoms with Crippen LogP contribution in [0.3, 0.4) is 0 Å². The van der Waals surface area contributed by atoms with Crippen LogP contribution in [0.1, 0.15) is 30.9 Å². The monoisotopic (exact) mass is 385 g/mol. The van der Waals surface area contributed by atoms with Gasteiger partial charge in [0, 0.05) is 37.4 Å². The van der Waals surface area contributed by atoms with E-state index in [1.165, 1.54) is 24.0 Å². The van der Waals surface area contributed by atoms with Crippen molar-refractivity contribution in [1.82, 2.24) is 15.6 Å². The highest BCUT2D eigenvalue weighted by Gasteiger charge is 2.13. The fourth-order valence-electron chi connectivity index (χ4n) is 3.21. The van der Waals surface area contributed by atoms with Gasteiger partial charge >= 0.3 is 0 Å². The van der Waals surface area contributed by atoms with Gasteiger partial charge in [-0.2, -0.15) is 0 Å². The zero-order valence-corrected chi connectivity index (χ0v) is 16.7. The van der Waals surface area contributed by atoms with Gasteiger partial charge in [0.2, 0.25) is 0 Å². The van der Waals surface area contributed by atoms with E-state index in [4.69, 9.17) is 16.6 Å². The van der Waals surface area contributed by atoms with Crippen LogP contribution in [0, 0.1) is 0 Å². The first-order chi connectivity index (χ1) is 13.2. The minimum absolute atomic E-state index is 0.635. The van der Waals surface area contributed by atoms with E-state index in [1.807, 2.05) is 30.5 Å². The van der Waals surface area contributed by atoms with Crippen LogP contribution < -0.4 is 15.5 Å². The lowest BCUT2D eigenvalue weighted by atomic mass is 10.1. The molecule has 1 aromatic carbocycles. The van der Waals surface area contributed by atoms with Crippen molar-refractivity contribution in [3.05, 3.63) is 58.7 Å². The summed E-state index contributed by atoms with van der Waals surface area (Å²) in [6.07, 6.45) is 5.30. The SMILES string of the molecule is CCNC(=NCc1ccnc(N2CCCC2)c1)NCCc1cccc(Cl)c1. The summed E-state index contributed by atoms with van der Waals surface area (Å²) in [5, 5.41) is 7.48. The molecular formula is C21H28ClN5. The van der Waals surface area contributed by atoms with E-state index >= 15 is 0 Å². The van der Waals surface area contributed by atoms with Gasteiger partial charge in [-0.1, -0.05) is 23.7 Å². The van der Waals surface area contributed by atoms with Gasteiger partial charge in [0.25, 0.3) is 0 Å². The van der Waals surface area contributed by atoms with Crippen LogP contribution >= 0.6 is 11.6 Å². The number of halogens is 1. The topological polar surface area (TPSA) is 52.6 Å². The van der Waals surface area contributed by atoms with Gasteiger partial charge in [-0.05, 0) is 61.6 Å². The van der Waals surface area contributed by atoms with E-state index in [0.29, 0.717) is 6.54 Å². The van der Waals surface area contributed by atoms with Crippen molar-refractivity contribution in [3.8, 4) is 0 Å². The predicted octanol–water partition coefficient (Wildman–Crippen LogP) is 3.63. The maximum absolute atomic E-state index is 6.05. The molecule has 0 atom stereocenters. The van der Waals surface area contributed by atoms with Crippen molar-refractivity contribution in [2.24, 2.45) is 4.99 Å². The Morgan fingerprint density at radius 3 is 2.78 bits per heavy atom. The molecule has 1 aliphatic heterocycles. The number of guanidine groups is 1. The number of aliphatic imine (C=N–C) groups is 1. The van der Waals surface area contributed by atoms with Crippen LogP contribution in [-0.2, 0) is 13.0 Å². The third-order valence-electron chi connectivity index (χ3n) is 4.60. The van der Waals surface area contributed by atoms with Crippen LogP contribution in [0.2, 0.25) is 5.02 Å². The molecule has 5 nitrogen and oxygen atoms in total. The summed E-state index contributed by atoms with van der Waals surface area (Å²) in [5.74, 6) is 1.90. The van der Waals surface area contributed by atoms with Gasteiger partial charge in [0.1, 0.15) is 5.82 Å². The summed E-state index contributed by atoms with van der Waals surface area (Å²) in [7, 11) is 0. The lowest BCUT2D eigenvalue weighted by Crippen LogP contribution is -2.38. The molecule has 0 radical (unpaired) electrons. The summed E-state index contributed by atoms with van der Waals surface area (Å²) in [5.41, 5.74) is 2.40. The zero-order valence-electron chi connectivity index (χ0n) is 15.9. The number of aromatic nitrogens is 1. The molecule has 27 heavy (non-hydrogen) atoms. The van der Waals surface area contributed by atoms with Crippen LogP contribution in [-0.4, -0.2) is 37.1 Å². The van der Waals surface area contributed by atoms with Crippen molar-refractivity contribution in [2.45, 2.75) is 32.7 Å². The second-order valence-corrected chi connectivity index (χ2v) is 7.15. The molecule has 0 amide bonds. The van der Waals surface area contributed by atoms with Gasteiger partial charge in [-0.15, -0.1) is 0 Å². The maximum atomic E-state index is 6.05. The third-order valence-corrected chi connectivity index (χ3v) is 4.83. The van der Waals surface area contributed by atoms with Crippen molar-refractivity contribution in [3.63, 3.8) is 0 Å². The molecule has 1 fully saturated rings. The highest BCUT2D eigenvalue weighted by molar-refractivity contribution is 6.30. The summed E-state index contributed by atoms with van der Waals surface area (Å²) >= 11 is 6.05. The quantitative estimate of drug-likeness (QED) is 0.564. The Balaban J connectivity index is 1.56. The Kier molecular flexibility index (Phi) is 7.34. The Bertz CT molecular complexity index is 756. The molecule has 1 aliphatic rings. The molecule has 1 saturated heterocycles. The Morgan fingerprint density at radius 1 is 1.15 bits per heavy atom. The van der Waals surface area contributed by atoms with E-state index in [2.05, 4.69) is 39.6 Å². The van der Waals surface area contributed by atoms with E-state index in [1.54, 1.807) is 0 Å². The molecule has 0 aliphatic carbocycles. The number of nitrogens with one attached hydrogen (secondary N) is 2. The number of pyridine rings is 1. The molecular weight excluding hydrogens is 358 g/mol. The van der Waals surface area contributed by atoms with Gasteiger partial charge in [0.15, 0.2) is 5.96 Å². The van der Waals surface area contributed by atoms with Crippen LogP contribution in [0.4, 0.5) is 5.82 Å². The number of nitrogens with zero attached hydrogens (tertiary/aromatic N) is 3. The van der Waals surface area contributed by atoms with Crippen LogP contribution in [0.5, 0.6) is 0 Å². The second-order valence-electron chi connectivity index (χ2n) is 6.72. The van der Waals surface area contributed by atoms with E-state index in [9.17, 15) is 0 Å². The molecule has 2 N–H and O–H groups in total. The fraction of sp³-hybridized carbons (Fsp3) is 0.429. The molecule has 6 heteroatoms. The van der Waals surface area contributed by atoms with Crippen LogP contribution in [0.15, 0.2) is 47.6 Å². The Hall–Kier alpha value is -2.27. The number of anilines is 1. The predicted molar refractivity (Wildman–Crippen MR) is 114 cm³/mol. The van der Waals surface area contributed by atoms with Crippen molar-refractivity contribution in [1.29, 1.82) is 0 Å². The van der Waals surface area contributed by atoms with Gasteiger partial charge in [0.05, 0.1) is 6.54 Å². The number of hydrogen-bond acceptors (Lipinski definition) is 3. The van der Waals surface area contributed by atoms with E-state index < -0.39 is 0 Å². The molecule has 2 heterocycles. The number of rotatable bonds is 7. The van der Waals surface area contributed by atoms with Gasteiger partial charge in [-0.25, -0.2) is 9.98 Å². The second kappa shape index (κ2) is 10.2. The first kappa shape index (κ1) is 19.5. The van der Waals surface area contributed by atoms with Gasteiger partial charge in [-0.3, -0.25) is 0 Å². The minimum atomic E-state index is 0.635. The molecule has 144 valence electrons. The lowest BCUT2D eigenvalue weighted by Gasteiger charge is -2.16. The largest absolute Gasteiger partial charge is 0.357 e. The Labute approximate surface area is 166 Å². The summed E-state index contributed by atoms with van der Waals surface area (Å²) in [6, 6.07) is 12.2. The average Bonchev–Trinajstić information content (AvgIpc) is 3.21. The summed E-state index contributed by atoms with van der Waals surface area (Å²) < 4.78 is 0. The summed E-state index contributed by atoms with van der Waals surface area (Å²) in [6.45, 7) is 6.56. The normalized spacial score (nSPS) is 14.4. The number of benzene rings is 1. The number of hydrogen-bond donors (Lipinski definition) is 2. The molecule has 1 aromatic heterocycles. The fourth-order valence-corrected chi connectivity index (χ4v) is 3.42. The molecule has 0 unspecified atom stereocenters. The van der Waals surface area contributed by atoms with E-state index in [0.717, 1.165) is 49.4 Å². The highest BCUT2D eigenvalue weighted by Crippen LogP contribution is 2.18. The molecule has 2 aromatic rings. The molecule has 0 bridgehead atoms. The first-order valence-corrected chi connectivity index (χ1v) is 10.1. The molecule has 0 saturated carbocycles. The third kappa shape index (κ3) is 6.14.